The first-order valence-electron chi connectivity index (χ1n) is 5.25. The third-order valence-corrected chi connectivity index (χ3v) is 3.72. The van der Waals surface area contributed by atoms with Crippen LogP contribution in [0.5, 0.6) is 0 Å². The van der Waals surface area contributed by atoms with Gasteiger partial charge in [-0.2, -0.15) is 8.42 Å². The van der Waals surface area contributed by atoms with Crippen LogP contribution >= 0.6 is 0 Å². The molecule has 0 saturated heterocycles. The van der Waals surface area contributed by atoms with Gasteiger partial charge < -0.3 is 5.73 Å². The predicted molar refractivity (Wildman–Crippen MR) is 55.9 cm³/mol. The Morgan fingerprint density at radius 3 is 2.33 bits per heavy atom. The summed E-state index contributed by atoms with van der Waals surface area (Å²) < 4.78 is 42.9. The molecule has 0 amide bonds. The molecule has 2 atom stereocenters. The SMILES string of the molecule is NC(C(F)CS(=O)(=O)O)C1CCCCC1. The van der Waals surface area contributed by atoms with Crippen molar-refractivity contribution < 1.29 is 17.4 Å². The van der Waals surface area contributed by atoms with E-state index in [9.17, 15) is 12.8 Å². The Balaban J connectivity index is 2.47. The minimum atomic E-state index is -4.26. The zero-order chi connectivity index (χ0) is 11.5. The molecule has 1 saturated carbocycles. The number of rotatable bonds is 4. The average Bonchev–Trinajstić information content (AvgIpc) is 2.15. The summed E-state index contributed by atoms with van der Waals surface area (Å²) in [5, 5.41) is 0. The molecule has 0 heterocycles. The topological polar surface area (TPSA) is 80.4 Å². The van der Waals surface area contributed by atoms with E-state index < -0.39 is 28.1 Å². The van der Waals surface area contributed by atoms with Crippen molar-refractivity contribution in [1.82, 2.24) is 0 Å². The molecule has 1 rings (SSSR count). The molecule has 6 heteroatoms. The molecule has 90 valence electrons. The van der Waals surface area contributed by atoms with E-state index in [-0.39, 0.29) is 5.92 Å². The van der Waals surface area contributed by atoms with Gasteiger partial charge >= 0.3 is 0 Å². The molecule has 1 aliphatic carbocycles. The van der Waals surface area contributed by atoms with Gasteiger partial charge in [0.2, 0.25) is 0 Å². The third-order valence-electron chi connectivity index (χ3n) is 2.98. The van der Waals surface area contributed by atoms with E-state index >= 15 is 0 Å². The van der Waals surface area contributed by atoms with Crippen LogP contribution in [-0.4, -0.2) is 30.9 Å². The fraction of sp³-hybridized carbons (Fsp3) is 1.00. The van der Waals surface area contributed by atoms with Crippen molar-refractivity contribution in [1.29, 1.82) is 0 Å². The maximum absolute atomic E-state index is 13.4. The number of hydrogen-bond acceptors (Lipinski definition) is 3. The van der Waals surface area contributed by atoms with Crippen LogP contribution in [0.1, 0.15) is 32.1 Å². The van der Waals surface area contributed by atoms with Gasteiger partial charge in [0.25, 0.3) is 10.1 Å². The van der Waals surface area contributed by atoms with Gasteiger partial charge in [0.1, 0.15) is 11.9 Å². The summed E-state index contributed by atoms with van der Waals surface area (Å²) in [7, 11) is -4.26. The van der Waals surface area contributed by atoms with Crippen molar-refractivity contribution in [2.45, 2.75) is 44.3 Å². The Morgan fingerprint density at radius 2 is 1.87 bits per heavy atom. The number of nitrogens with two attached hydrogens (primary N) is 1. The quantitative estimate of drug-likeness (QED) is 0.720. The third kappa shape index (κ3) is 4.44. The predicted octanol–water partition coefficient (Wildman–Crippen LogP) is 1.12. The summed E-state index contributed by atoms with van der Waals surface area (Å²) in [5.74, 6) is -0.833. The first kappa shape index (κ1) is 12.9. The van der Waals surface area contributed by atoms with E-state index in [4.69, 9.17) is 10.3 Å². The van der Waals surface area contributed by atoms with Crippen molar-refractivity contribution in [3.8, 4) is 0 Å². The van der Waals surface area contributed by atoms with Crippen LogP contribution in [0, 0.1) is 5.92 Å². The second kappa shape index (κ2) is 5.23. The first-order chi connectivity index (χ1) is 6.90. The molecule has 0 bridgehead atoms. The zero-order valence-corrected chi connectivity index (χ0v) is 9.42. The van der Waals surface area contributed by atoms with Crippen molar-refractivity contribution in [3.05, 3.63) is 0 Å². The average molecular weight is 239 g/mol. The second-order valence-electron chi connectivity index (χ2n) is 4.24. The standard InChI is InChI=1S/C9H18FNO3S/c10-8(6-15(12,13)14)9(11)7-4-2-1-3-5-7/h7-9H,1-6,11H2,(H,12,13,14). The van der Waals surface area contributed by atoms with Gasteiger partial charge in [-0.1, -0.05) is 19.3 Å². The minimum absolute atomic E-state index is 0.0514. The first-order valence-corrected chi connectivity index (χ1v) is 6.86. The van der Waals surface area contributed by atoms with Gasteiger partial charge in [0.15, 0.2) is 0 Å². The van der Waals surface area contributed by atoms with Gasteiger partial charge in [0.05, 0.1) is 0 Å². The molecule has 4 nitrogen and oxygen atoms in total. The molecule has 0 aromatic rings. The van der Waals surface area contributed by atoms with E-state index in [2.05, 4.69) is 0 Å². The molecule has 0 spiro atoms. The molecule has 1 fully saturated rings. The molecule has 0 radical (unpaired) electrons. The highest BCUT2D eigenvalue weighted by atomic mass is 32.2. The number of alkyl halides is 1. The van der Waals surface area contributed by atoms with Gasteiger partial charge in [-0.3, -0.25) is 4.55 Å². The van der Waals surface area contributed by atoms with E-state index in [0.29, 0.717) is 0 Å². The van der Waals surface area contributed by atoms with Gasteiger partial charge in [0, 0.05) is 6.04 Å². The zero-order valence-electron chi connectivity index (χ0n) is 8.60. The molecule has 2 unspecified atom stereocenters. The normalized spacial score (nSPS) is 23.7. The number of halogens is 1. The monoisotopic (exact) mass is 239 g/mol. The van der Waals surface area contributed by atoms with E-state index in [0.717, 1.165) is 32.1 Å². The maximum Gasteiger partial charge on any atom is 0.267 e. The Morgan fingerprint density at radius 1 is 1.33 bits per heavy atom. The Bertz CT molecular complexity index is 288. The van der Waals surface area contributed by atoms with Crippen molar-refractivity contribution in [3.63, 3.8) is 0 Å². The molecular weight excluding hydrogens is 221 g/mol. The van der Waals surface area contributed by atoms with Crippen LogP contribution < -0.4 is 5.73 Å². The van der Waals surface area contributed by atoms with Crippen molar-refractivity contribution in [2.24, 2.45) is 11.7 Å². The summed E-state index contributed by atoms with van der Waals surface area (Å²) in [6, 6.07) is -0.771. The Labute approximate surface area is 89.8 Å². The van der Waals surface area contributed by atoms with Crippen LogP contribution in [0.2, 0.25) is 0 Å². The van der Waals surface area contributed by atoms with Crippen LogP contribution in [0.25, 0.3) is 0 Å². The van der Waals surface area contributed by atoms with Crippen molar-refractivity contribution >= 4 is 10.1 Å². The second-order valence-corrected chi connectivity index (χ2v) is 5.74. The van der Waals surface area contributed by atoms with E-state index in [1.54, 1.807) is 0 Å². The summed E-state index contributed by atoms with van der Waals surface area (Å²) in [6.45, 7) is 0. The maximum atomic E-state index is 13.4. The van der Waals surface area contributed by atoms with Gasteiger partial charge in [-0.05, 0) is 18.8 Å². The molecule has 15 heavy (non-hydrogen) atoms. The van der Waals surface area contributed by atoms with Crippen LogP contribution in [0.3, 0.4) is 0 Å². The smallest absolute Gasteiger partial charge is 0.267 e. The van der Waals surface area contributed by atoms with Gasteiger partial charge in [-0.25, -0.2) is 4.39 Å². The van der Waals surface area contributed by atoms with Crippen molar-refractivity contribution in [2.75, 3.05) is 5.75 Å². The fourth-order valence-electron chi connectivity index (χ4n) is 2.13. The molecule has 3 N–H and O–H groups in total. The minimum Gasteiger partial charge on any atom is -0.325 e. The van der Waals surface area contributed by atoms with E-state index in [1.807, 2.05) is 0 Å². The number of hydrogen-bond donors (Lipinski definition) is 2. The summed E-state index contributed by atoms with van der Waals surface area (Å²) in [4.78, 5) is 0. The lowest BCUT2D eigenvalue weighted by Crippen LogP contribution is -2.43. The lowest BCUT2D eigenvalue weighted by Gasteiger charge is -2.29. The Hall–Kier alpha value is -0.200. The summed E-state index contributed by atoms with van der Waals surface area (Å²) in [5.41, 5.74) is 5.65. The van der Waals surface area contributed by atoms with Gasteiger partial charge in [-0.15, -0.1) is 0 Å². The highest BCUT2D eigenvalue weighted by molar-refractivity contribution is 7.85. The highest BCUT2D eigenvalue weighted by Gasteiger charge is 2.30. The molecular formula is C9H18FNO3S. The molecule has 0 aliphatic heterocycles. The fourth-order valence-corrected chi connectivity index (χ4v) is 2.75. The largest absolute Gasteiger partial charge is 0.325 e. The Kier molecular flexibility index (Phi) is 4.48. The molecule has 0 aromatic carbocycles. The molecule has 1 aliphatic rings. The van der Waals surface area contributed by atoms with E-state index in [1.165, 1.54) is 0 Å². The lowest BCUT2D eigenvalue weighted by molar-refractivity contribution is 0.206. The molecule has 0 aromatic heterocycles. The summed E-state index contributed by atoms with van der Waals surface area (Å²) in [6.07, 6.45) is 3.23. The van der Waals surface area contributed by atoms with Crippen LogP contribution in [0.15, 0.2) is 0 Å². The highest BCUT2D eigenvalue weighted by Crippen LogP contribution is 2.27. The van der Waals surface area contributed by atoms with Crippen LogP contribution in [0.4, 0.5) is 4.39 Å². The summed E-state index contributed by atoms with van der Waals surface area (Å²) >= 11 is 0. The van der Waals surface area contributed by atoms with Crippen LogP contribution in [-0.2, 0) is 10.1 Å². The lowest BCUT2D eigenvalue weighted by atomic mass is 9.83.